The third kappa shape index (κ3) is 1.87. The summed E-state index contributed by atoms with van der Waals surface area (Å²) in [6.07, 6.45) is 3.90. The van der Waals surface area contributed by atoms with Crippen molar-refractivity contribution in [2.24, 2.45) is 11.7 Å². The molecule has 0 spiro atoms. The molecule has 1 unspecified atom stereocenters. The highest BCUT2D eigenvalue weighted by Crippen LogP contribution is 2.36. The summed E-state index contributed by atoms with van der Waals surface area (Å²) in [4.78, 5) is 0. The van der Waals surface area contributed by atoms with Crippen LogP contribution in [0.4, 0.5) is 0 Å². The summed E-state index contributed by atoms with van der Waals surface area (Å²) in [6.45, 7) is 0. The SMILES string of the molecule is NC(c1ccc(Cl)cc1)C1CCC1. The van der Waals surface area contributed by atoms with Crippen LogP contribution in [0.1, 0.15) is 30.9 Å². The van der Waals surface area contributed by atoms with Gasteiger partial charge in [-0.25, -0.2) is 0 Å². The quantitative estimate of drug-likeness (QED) is 0.771. The highest BCUT2D eigenvalue weighted by molar-refractivity contribution is 6.30. The van der Waals surface area contributed by atoms with Gasteiger partial charge in [-0.2, -0.15) is 0 Å². The van der Waals surface area contributed by atoms with Crippen molar-refractivity contribution in [3.63, 3.8) is 0 Å². The Hall–Kier alpha value is -0.530. The number of nitrogens with two attached hydrogens (primary N) is 1. The minimum absolute atomic E-state index is 0.214. The standard InChI is InChI=1S/C11H14ClN/c12-10-6-4-9(5-7-10)11(13)8-2-1-3-8/h4-8,11H,1-3,13H2. The Morgan fingerprint density at radius 1 is 1.23 bits per heavy atom. The first-order valence-electron chi connectivity index (χ1n) is 4.78. The second kappa shape index (κ2) is 3.69. The molecule has 1 saturated carbocycles. The van der Waals surface area contributed by atoms with Gasteiger partial charge in [-0.15, -0.1) is 0 Å². The van der Waals surface area contributed by atoms with Crippen molar-refractivity contribution in [3.8, 4) is 0 Å². The molecule has 1 aromatic carbocycles. The average Bonchev–Trinajstić information content (AvgIpc) is 2.02. The molecule has 2 rings (SSSR count). The van der Waals surface area contributed by atoms with Gasteiger partial charge in [0, 0.05) is 11.1 Å². The Balaban J connectivity index is 2.10. The minimum atomic E-state index is 0.214. The lowest BCUT2D eigenvalue weighted by atomic mass is 9.78. The molecule has 0 heterocycles. The van der Waals surface area contributed by atoms with E-state index in [1.165, 1.54) is 24.8 Å². The number of rotatable bonds is 2. The normalized spacial score (nSPS) is 19.5. The number of halogens is 1. The van der Waals surface area contributed by atoms with Crippen molar-refractivity contribution in [2.75, 3.05) is 0 Å². The van der Waals surface area contributed by atoms with E-state index in [1.54, 1.807) is 0 Å². The summed E-state index contributed by atoms with van der Waals surface area (Å²) >= 11 is 5.80. The molecule has 1 aromatic rings. The van der Waals surface area contributed by atoms with Crippen molar-refractivity contribution < 1.29 is 0 Å². The van der Waals surface area contributed by atoms with Gasteiger partial charge in [0.1, 0.15) is 0 Å². The van der Waals surface area contributed by atoms with Crippen molar-refractivity contribution in [3.05, 3.63) is 34.9 Å². The van der Waals surface area contributed by atoms with Crippen LogP contribution in [0.3, 0.4) is 0 Å². The molecule has 70 valence electrons. The van der Waals surface area contributed by atoms with Gasteiger partial charge < -0.3 is 5.73 Å². The van der Waals surface area contributed by atoms with E-state index in [4.69, 9.17) is 17.3 Å². The second-order valence-electron chi connectivity index (χ2n) is 3.77. The Morgan fingerprint density at radius 2 is 1.85 bits per heavy atom. The third-order valence-corrected chi connectivity index (χ3v) is 3.16. The van der Waals surface area contributed by atoms with Gasteiger partial charge in [0.2, 0.25) is 0 Å². The molecule has 0 bridgehead atoms. The summed E-state index contributed by atoms with van der Waals surface area (Å²) in [6, 6.07) is 8.10. The van der Waals surface area contributed by atoms with Gasteiger partial charge >= 0.3 is 0 Å². The van der Waals surface area contributed by atoms with Crippen LogP contribution in [-0.4, -0.2) is 0 Å². The summed E-state index contributed by atoms with van der Waals surface area (Å²) in [5, 5.41) is 0.782. The molecule has 0 aliphatic heterocycles. The van der Waals surface area contributed by atoms with E-state index in [2.05, 4.69) is 0 Å². The number of benzene rings is 1. The van der Waals surface area contributed by atoms with E-state index in [9.17, 15) is 0 Å². The van der Waals surface area contributed by atoms with E-state index in [0.29, 0.717) is 5.92 Å². The van der Waals surface area contributed by atoms with Gasteiger partial charge in [0.15, 0.2) is 0 Å². The van der Waals surface area contributed by atoms with E-state index in [1.807, 2.05) is 24.3 Å². The van der Waals surface area contributed by atoms with Gasteiger partial charge in [0.25, 0.3) is 0 Å². The fourth-order valence-electron chi connectivity index (χ4n) is 1.76. The lowest BCUT2D eigenvalue weighted by molar-refractivity contribution is 0.264. The molecule has 1 fully saturated rings. The van der Waals surface area contributed by atoms with E-state index >= 15 is 0 Å². The molecule has 1 aliphatic rings. The smallest absolute Gasteiger partial charge is 0.0406 e. The molecule has 13 heavy (non-hydrogen) atoms. The van der Waals surface area contributed by atoms with E-state index in [0.717, 1.165) is 5.02 Å². The van der Waals surface area contributed by atoms with Gasteiger partial charge in [0.05, 0.1) is 0 Å². The third-order valence-electron chi connectivity index (χ3n) is 2.91. The van der Waals surface area contributed by atoms with Gasteiger partial charge in [-0.05, 0) is 36.5 Å². The van der Waals surface area contributed by atoms with Crippen LogP contribution in [0.2, 0.25) is 5.02 Å². The number of hydrogen-bond acceptors (Lipinski definition) is 1. The molecule has 2 heteroatoms. The van der Waals surface area contributed by atoms with Crippen LogP contribution in [-0.2, 0) is 0 Å². The van der Waals surface area contributed by atoms with Crippen LogP contribution in [0.5, 0.6) is 0 Å². The van der Waals surface area contributed by atoms with Crippen molar-refractivity contribution in [2.45, 2.75) is 25.3 Å². The molecular formula is C11H14ClN. The Morgan fingerprint density at radius 3 is 2.31 bits per heavy atom. The van der Waals surface area contributed by atoms with Gasteiger partial charge in [-0.1, -0.05) is 30.2 Å². The van der Waals surface area contributed by atoms with Crippen molar-refractivity contribution in [1.29, 1.82) is 0 Å². The molecule has 0 radical (unpaired) electrons. The van der Waals surface area contributed by atoms with Crippen molar-refractivity contribution in [1.82, 2.24) is 0 Å². The average molecular weight is 196 g/mol. The van der Waals surface area contributed by atoms with Crippen LogP contribution >= 0.6 is 11.6 Å². The maximum absolute atomic E-state index is 6.11. The topological polar surface area (TPSA) is 26.0 Å². The second-order valence-corrected chi connectivity index (χ2v) is 4.20. The predicted molar refractivity (Wildman–Crippen MR) is 55.7 cm³/mol. The molecule has 2 N–H and O–H groups in total. The van der Waals surface area contributed by atoms with Crippen LogP contribution in [0.15, 0.2) is 24.3 Å². The first-order valence-corrected chi connectivity index (χ1v) is 5.16. The molecule has 0 aromatic heterocycles. The summed E-state index contributed by atoms with van der Waals surface area (Å²) in [7, 11) is 0. The zero-order valence-electron chi connectivity index (χ0n) is 7.54. The zero-order chi connectivity index (χ0) is 9.26. The molecule has 0 amide bonds. The maximum atomic E-state index is 6.11. The Labute approximate surface area is 83.9 Å². The fraction of sp³-hybridized carbons (Fsp3) is 0.455. The first-order chi connectivity index (χ1) is 6.27. The molecule has 1 aliphatic carbocycles. The highest BCUT2D eigenvalue weighted by atomic mass is 35.5. The van der Waals surface area contributed by atoms with Crippen LogP contribution in [0.25, 0.3) is 0 Å². The predicted octanol–water partition coefficient (Wildman–Crippen LogP) is 3.14. The van der Waals surface area contributed by atoms with Crippen molar-refractivity contribution >= 4 is 11.6 Å². The minimum Gasteiger partial charge on any atom is -0.324 e. The maximum Gasteiger partial charge on any atom is 0.0406 e. The van der Waals surface area contributed by atoms with Crippen LogP contribution < -0.4 is 5.73 Å². The van der Waals surface area contributed by atoms with Gasteiger partial charge in [-0.3, -0.25) is 0 Å². The summed E-state index contributed by atoms with van der Waals surface area (Å²) < 4.78 is 0. The Bertz CT molecular complexity index is 277. The Kier molecular flexibility index (Phi) is 2.56. The summed E-state index contributed by atoms with van der Waals surface area (Å²) in [5.74, 6) is 0.696. The largest absolute Gasteiger partial charge is 0.324 e. The lowest BCUT2D eigenvalue weighted by Gasteiger charge is -2.31. The first kappa shape index (κ1) is 9.04. The van der Waals surface area contributed by atoms with E-state index in [-0.39, 0.29) is 6.04 Å². The van der Waals surface area contributed by atoms with E-state index < -0.39 is 0 Å². The number of hydrogen-bond donors (Lipinski definition) is 1. The molecular weight excluding hydrogens is 182 g/mol. The van der Waals surface area contributed by atoms with Crippen LogP contribution in [0, 0.1) is 5.92 Å². The fourth-order valence-corrected chi connectivity index (χ4v) is 1.88. The summed E-state index contributed by atoms with van der Waals surface area (Å²) in [5.41, 5.74) is 7.32. The molecule has 1 nitrogen and oxygen atoms in total. The molecule has 0 saturated heterocycles. The monoisotopic (exact) mass is 195 g/mol. The zero-order valence-corrected chi connectivity index (χ0v) is 8.30. The lowest BCUT2D eigenvalue weighted by Crippen LogP contribution is -2.26. The highest BCUT2D eigenvalue weighted by Gasteiger charge is 2.25. The molecule has 1 atom stereocenters.